The Morgan fingerprint density at radius 2 is 1.73 bits per heavy atom. The summed E-state index contributed by atoms with van der Waals surface area (Å²) in [5, 5.41) is 2.76. The number of amides is 1. The first-order valence-electron chi connectivity index (χ1n) is 9.22. The highest BCUT2D eigenvalue weighted by Gasteiger charge is 2.23. The van der Waals surface area contributed by atoms with Gasteiger partial charge < -0.3 is 10.2 Å². The molecule has 0 saturated carbocycles. The molecule has 0 aromatic heterocycles. The van der Waals surface area contributed by atoms with Gasteiger partial charge in [-0.2, -0.15) is 0 Å². The lowest BCUT2D eigenvalue weighted by Crippen LogP contribution is -2.41. The molecular formula is C19H31N3O3S. The fourth-order valence-electron chi connectivity index (χ4n) is 3.44. The molecule has 1 aliphatic rings. The summed E-state index contributed by atoms with van der Waals surface area (Å²) in [4.78, 5) is 14.0. The summed E-state index contributed by atoms with van der Waals surface area (Å²) >= 11 is 0. The van der Waals surface area contributed by atoms with E-state index in [9.17, 15) is 13.2 Å². The Morgan fingerprint density at radius 3 is 2.19 bits per heavy atom. The van der Waals surface area contributed by atoms with E-state index in [0.717, 1.165) is 37.1 Å². The number of rotatable bonds is 6. The van der Waals surface area contributed by atoms with E-state index in [0.29, 0.717) is 24.2 Å². The highest BCUT2D eigenvalue weighted by molar-refractivity contribution is 7.89. The number of hydrogen-bond donors (Lipinski definition) is 2. The Kier molecular flexibility index (Phi) is 6.82. The number of carbonyl (C=O) groups is 1. The molecule has 0 unspecified atom stereocenters. The van der Waals surface area contributed by atoms with E-state index in [2.05, 4.69) is 28.8 Å². The van der Waals surface area contributed by atoms with Crippen LogP contribution < -0.4 is 10.0 Å². The largest absolute Gasteiger partial charge is 0.326 e. The highest BCUT2D eigenvalue weighted by Crippen LogP contribution is 2.25. The maximum atomic E-state index is 12.7. The first-order chi connectivity index (χ1) is 12.1. The van der Waals surface area contributed by atoms with E-state index in [1.54, 1.807) is 26.0 Å². The second kappa shape index (κ2) is 8.50. The first kappa shape index (κ1) is 20.9. The molecular weight excluding hydrogens is 350 g/mol. The van der Waals surface area contributed by atoms with Crippen LogP contribution in [0.1, 0.15) is 44.7 Å². The third-order valence-electron chi connectivity index (χ3n) is 5.06. The summed E-state index contributed by atoms with van der Waals surface area (Å²) in [5.74, 6) is 0.207. The van der Waals surface area contributed by atoms with Crippen molar-refractivity contribution in [1.29, 1.82) is 0 Å². The number of carbonyl (C=O) groups excluding carboxylic acids is 1. The van der Waals surface area contributed by atoms with Gasteiger partial charge in [0.25, 0.3) is 0 Å². The number of benzene rings is 1. The number of likely N-dealkylation sites (tertiary alicyclic amines) is 1. The second-order valence-corrected chi connectivity index (χ2v) is 9.31. The maximum absolute atomic E-state index is 12.7. The molecule has 26 heavy (non-hydrogen) atoms. The molecule has 1 amide bonds. The molecule has 0 spiro atoms. The summed E-state index contributed by atoms with van der Waals surface area (Å²) in [6.07, 6.45) is 2.03. The normalized spacial score (nSPS) is 16.8. The van der Waals surface area contributed by atoms with Gasteiger partial charge in [-0.05, 0) is 82.8 Å². The minimum absolute atomic E-state index is 0.169. The summed E-state index contributed by atoms with van der Waals surface area (Å²) in [7, 11) is -3.56. The van der Waals surface area contributed by atoms with Crippen LogP contribution >= 0.6 is 0 Å². The van der Waals surface area contributed by atoms with Gasteiger partial charge in [-0.3, -0.25) is 4.79 Å². The van der Waals surface area contributed by atoms with Gasteiger partial charge in [0.15, 0.2) is 0 Å². The Balaban J connectivity index is 2.03. The molecule has 1 aromatic rings. The van der Waals surface area contributed by atoms with E-state index in [4.69, 9.17) is 0 Å². The number of anilines is 1. The number of nitrogens with one attached hydrogen (secondary N) is 2. The zero-order valence-electron chi connectivity index (χ0n) is 16.4. The lowest BCUT2D eigenvalue weighted by Gasteiger charge is -2.34. The molecule has 2 N–H and O–H groups in total. The average molecular weight is 382 g/mol. The number of aryl methyl sites for hydroxylation is 2. The molecule has 0 aliphatic carbocycles. The lowest BCUT2D eigenvalue weighted by atomic mass is 9.96. The molecule has 1 aliphatic heterocycles. The lowest BCUT2D eigenvalue weighted by molar-refractivity contribution is -0.114. The Bertz CT molecular complexity index is 728. The van der Waals surface area contributed by atoms with Crippen LogP contribution in [0, 0.1) is 19.8 Å². The zero-order chi connectivity index (χ0) is 19.5. The van der Waals surface area contributed by atoms with Crippen molar-refractivity contribution in [2.75, 3.05) is 25.0 Å². The topological polar surface area (TPSA) is 78.5 Å². The fraction of sp³-hybridized carbons (Fsp3) is 0.632. The van der Waals surface area contributed by atoms with E-state index in [-0.39, 0.29) is 10.8 Å². The van der Waals surface area contributed by atoms with Crippen LogP contribution in [0.3, 0.4) is 0 Å². The van der Waals surface area contributed by atoms with Crippen molar-refractivity contribution in [3.8, 4) is 0 Å². The minimum atomic E-state index is -3.56. The van der Waals surface area contributed by atoms with Crippen molar-refractivity contribution in [1.82, 2.24) is 9.62 Å². The van der Waals surface area contributed by atoms with E-state index in [1.807, 2.05) is 0 Å². The van der Waals surface area contributed by atoms with Crippen LogP contribution in [-0.4, -0.2) is 44.9 Å². The summed E-state index contributed by atoms with van der Waals surface area (Å²) in [5.41, 5.74) is 2.16. The van der Waals surface area contributed by atoms with Crippen molar-refractivity contribution in [2.45, 2.75) is 58.4 Å². The van der Waals surface area contributed by atoms with E-state index in [1.165, 1.54) is 6.92 Å². The molecule has 1 fully saturated rings. The van der Waals surface area contributed by atoms with Gasteiger partial charge in [0, 0.05) is 25.2 Å². The summed E-state index contributed by atoms with van der Waals surface area (Å²) < 4.78 is 28.1. The van der Waals surface area contributed by atoms with Crippen LogP contribution in [0.25, 0.3) is 0 Å². The van der Waals surface area contributed by atoms with Gasteiger partial charge in [-0.15, -0.1) is 0 Å². The molecule has 1 aromatic carbocycles. The molecule has 146 valence electrons. The van der Waals surface area contributed by atoms with Crippen molar-refractivity contribution in [3.05, 3.63) is 23.3 Å². The Hall–Kier alpha value is -1.44. The van der Waals surface area contributed by atoms with Crippen molar-refractivity contribution >= 4 is 21.6 Å². The molecule has 2 rings (SSSR count). The van der Waals surface area contributed by atoms with E-state index >= 15 is 0 Å². The zero-order valence-corrected chi connectivity index (χ0v) is 17.2. The Labute approximate surface area is 157 Å². The Morgan fingerprint density at radius 1 is 1.19 bits per heavy atom. The summed E-state index contributed by atoms with van der Waals surface area (Å²) in [6.45, 7) is 11.9. The molecule has 1 saturated heterocycles. The van der Waals surface area contributed by atoms with Crippen LogP contribution in [0.5, 0.6) is 0 Å². The van der Waals surface area contributed by atoms with Crippen LogP contribution in [0.2, 0.25) is 0 Å². The SMILES string of the molecule is CC(=O)Nc1c(C)cc(S(=O)(=O)NCC2CCN(C(C)C)CC2)cc1C. The highest BCUT2D eigenvalue weighted by atomic mass is 32.2. The average Bonchev–Trinajstić information content (AvgIpc) is 2.56. The smallest absolute Gasteiger partial charge is 0.240 e. The number of hydrogen-bond acceptors (Lipinski definition) is 4. The molecule has 1 heterocycles. The molecule has 7 heteroatoms. The molecule has 0 radical (unpaired) electrons. The van der Waals surface area contributed by atoms with Gasteiger partial charge in [0.2, 0.25) is 15.9 Å². The van der Waals surface area contributed by atoms with Gasteiger partial charge in [0.05, 0.1) is 4.90 Å². The van der Waals surface area contributed by atoms with Crippen LogP contribution in [0.4, 0.5) is 5.69 Å². The van der Waals surface area contributed by atoms with Crippen molar-refractivity contribution < 1.29 is 13.2 Å². The maximum Gasteiger partial charge on any atom is 0.240 e. The third kappa shape index (κ3) is 5.28. The van der Waals surface area contributed by atoms with Crippen molar-refractivity contribution in [2.24, 2.45) is 5.92 Å². The molecule has 0 atom stereocenters. The predicted molar refractivity (Wildman–Crippen MR) is 105 cm³/mol. The van der Waals surface area contributed by atoms with Gasteiger partial charge in [-0.25, -0.2) is 13.1 Å². The predicted octanol–water partition coefficient (Wildman–Crippen LogP) is 2.66. The standard InChI is InChI=1S/C19H31N3O3S/c1-13(2)22-8-6-17(7-9-22)12-20-26(24,25)18-10-14(3)19(15(4)11-18)21-16(5)23/h10-11,13,17,20H,6-9,12H2,1-5H3,(H,21,23). The van der Waals surface area contributed by atoms with Gasteiger partial charge in [-0.1, -0.05) is 0 Å². The second-order valence-electron chi connectivity index (χ2n) is 7.54. The fourth-order valence-corrected chi connectivity index (χ4v) is 4.72. The monoisotopic (exact) mass is 381 g/mol. The first-order valence-corrected chi connectivity index (χ1v) is 10.7. The third-order valence-corrected chi connectivity index (χ3v) is 6.46. The van der Waals surface area contributed by atoms with Crippen molar-refractivity contribution in [3.63, 3.8) is 0 Å². The molecule has 0 bridgehead atoms. The number of sulfonamides is 1. The summed E-state index contributed by atoms with van der Waals surface area (Å²) in [6, 6.07) is 3.77. The van der Waals surface area contributed by atoms with Gasteiger partial charge >= 0.3 is 0 Å². The van der Waals surface area contributed by atoms with Gasteiger partial charge in [0.1, 0.15) is 0 Å². The van der Waals surface area contributed by atoms with Crippen LogP contribution in [-0.2, 0) is 14.8 Å². The van der Waals surface area contributed by atoms with Crippen LogP contribution in [0.15, 0.2) is 17.0 Å². The number of piperidine rings is 1. The van der Waals surface area contributed by atoms with E-state index < -0.39 is 10.0 Å². The quantitative estimate of drug-likeness (QED) is 0.794. The molecule has 6 nitrogen and oxygen atoms in total. The minimum Gasteiger partial charge on any atom is -0.326 e. The number of nitrogens with zero attached hydrogens (tertiary/aromatic N) is 1.